The molecule has 94 valence electrons. The number of allylic oxidation sites excluding steroid dienone is 3. The van der Waals surface area contributed by atoms with Crippen molar-refractivity contribution >= 4 is 12.2 Å². The third-order valence-electron chi connectivity index (χ3n) is 2.42. The van der Waals surface area contributed by atoms with E-state index < -0.39 is 0 Å². The van der Waals surface area contributed by atoms with E-state index >= 15 is 0 Å². The maximum atomic E-state index is 11.9. The molecule has 1 saturated heterocycles. The normalized spacial score (nSPS) is 19.9. The molecule has 0 unspecified atom stereocenters. The van der Waals surface area contributed by atoms with Crippen LogP contribution in [0.4, 0.5) is 0 Å². The van der Waals surface area contributed by atoms with Gasteiger partial charge in [-0.3, -0.25) is 4.79 Å². The highest BCUT2D eigenvalue weighted by molar-refractivity contribution is 5.99. The molecule has 0 atom stereocenters. The van der Waals surface area contributed by atoms with E-state index in [-0.39, 0.29) is 12.5 Å². The highest BCUT2D eigenvalue weighted by atomic mass is 16.2. The fourth-order valence-corrected chi connectivity index (χ4v) is 1.69. The Balaban J connectivity index is 0.00000121. The molecule has 1 aliphatic heterocycles. The third-order valence-corrected chi connectivity index (χ3v) is 2.42. The number of amides is 1. The van der Waals surface area contributed by atoms with Crippen LogP contribution in [0.15, 0.2) is 36.0 Å². The van der Waals surface area contributed by atoms with Gasteiger partial charge >= 0.3 is 0 Å². The molecule has 0 radical (unpaired) electrons. The Kier molecular flexibility index (Phi) is 7.68. The van der Waals surface area contributed by atoms with Gasteiger partial charge < -0.3 is 9.69 Å². The first kappa shape index (κ1) is 15.4. The lowest BCUT2D eigenvalue weighted by Crippen LogP contribution is -2.39. The lowest BCUT2D eigenvalue weighted by Gasteiger charge is -2.28. The summed E-state index contributed by atoms with van der Waals surface area (Å²) < 4.78 is 0. The summed E-state index contributed by atoms with van der Waals surface area (Å²) in [6.45, 7) is 10.2. The molecular formula is C14H21NO2. The number of hydrogen-bond acceptors (Lipinski definition) is 2. The van der Waals surface area contributed by atoms with Crippen molar-refractivity contribution in [3.8, 4) is 0 Å². The molecule has 0 aromatic carbocycles. The third kappa shape index (κ3) is 4.02. The number of rotatable bonds is 3. The van der Waals surface area contributed by atoms with E-state index in [1.807, 2.05) is 26.8 Å². The highest BCUT2D eigenvalue weighted by Crippen LogP contribution is 2.22. The van der Waals surface area contributed by atoms with Crippen LogP contribution >= 0.6 is 0 Å². The second kappa shape index (κ2) is 8.50. The maximum Gasteiger partial charge on any atom is 0.254 e. The minimum absolute atomic E-state index is 0.0658. The molecule has 0 saturated carbocycles. The van der Waals surface area contributed by atoms with Crippen LogP contribution in [0.3, 0.4) is 0 Å². The SMILES string of the molecule is C=C/C=C1/CCN(CC=O)C(=O)/C1=C/C.CC. The molecule has 1 aliphatic rings. The maximum absolute atomic E-state index is 11.9. The Hall–Kier alpha value is -1.64. The molecule has 1 rings (SSSR count). The van der Waals surface area contributed by atoms with Crippen molar-refractivity contribution in [2.24, 2.45) is 0 Å². The van der Waals surface area contributed by atoms with Crippen molar-refractivity contribution in [1.29, 1.82) is 0 Å². The molecule has 1 amide bonds. The van der Waals surface area contributed by atoms with Crippen molar-refractivity contribution in [1.82, 2.24) is 4.90 Å². The number of aldehydes is 1. The van der Waals surface area contributed by atoms with Gasteiger partial charge in [0.05, 0.1) is 6.54 Å². The fraction of sp³-hybridized carbons (Fsp3) is 0.429. The molecule has 0 spiro atoms. The molecular weight excluding hydrogens is 214 g/mol. The zero-order chi connectivity index (χ0) is 13.3. The van der Waals surface area contributed by atoms with E-state index in [1.165, 1.54) is 0 Å². The molecule has 3 heteroatoms. The summed E-state index contributed by atoms with van der Waals surface area (Å²) in [6, 6.07) is 0. The van der Waals surface area contributed by atoms with Crippen LogP contribution in [0.2, 0.25) is 0 Å². The summed E-state index contributed by atoms with van der Waals surface area (Å²) in [5.41, 5.74) is 1.68. The van der Waals surface area contributed by atoms with E-state index in [0.717, 1.165) is 18.3 Å². The average Bonchev–Trinajstić information content (AvgIpc) is 2.36. The van der Waals surface area contributed by atoms with Crippen LogP contribution < -0.4 is 0 Å². The number of hydrogen-bond donors (Lipinski definition) is 0. The largest absolute Gasteiger partial charge is 0.331 e. The average molecular weight is 235 g/mol. The van der Waals surface area contributed by atoms with E-state index in [1.54, 1.807) is 17.1 Å². The summed E-state index contributed by atoms with van der Waals surface area (Å²) in [5, 5.41) is 0. The van der Waals surface area contributed by atoms with Crippen molar-refractivity contribution in [2.45, 2.75) is 27.2 Å². The lowest BCUT2D eigenvalue weighted by molar-refractivity contribution is -0.130. The zero-order valence-corrected chi connectivity index (χ0v) is 10.9. The lowest BCUT2D eigenvalue weighted by atomic mass is 9.96. The van der Waals surface area contributed by atoms with Crippen molar-refractivity contribution < 1.29 is 9.59 Å². The van der Waals surface area contributed by atoms with Crippen LogP contribution in [0, 0.1) is 0 Å². The molecule has 0 bridgehead atoms. The van der Waals surface area contributed by atoms with Crippen LogP contribution in [0.5, 0.6) is 0 Å². The molecule has 0 N–H and O–H groups in total. The summed E-state index contributed by atoms with van der Waals surface area (Å²) in [5.74, 6) is -0.0658. The molecule has 0 aromatic rings. The van der Waals surface area contributed by atoms with Crippen LogP contribution in [-0.4, -0.2) is 30.2 Å². The Morgan fingerprint density at radius 1 is 1.41 bits per heavy atom. The Labute approximate surface area is 103 Å². The topological polar surface area (TPSA) is 37.4 Å². The summed E-state index contributed by atoms with van der Waals surface area (Å²) in [4.78, 5) is 23.8. The van der Waals surface area contributed by atoms with Crippen molar-refractivity contribution in [3.63, 3.8) is 0 Å². The summed E-state index contributed by atoms with van der Waals surface area (Å²) >= 11 is 0. The van der Waals surface area contributed by atoms with Gasteiger partial charge in [-0.05, 0) is 18.9 Å². The minimum atomic E-state index is -0.0658. The van der Waals surface area contributed by atoms with Gasteiger partial charge in [0.2, 0.25) is 0 Å². The second-order valence-electron chi connectivity index (χ2n) is 3.30. The van der Waals surface area contributed by atoms with Crippen LogP contribution in [0.1, 0.15) is 27.2 Å². The van der Waals surface area contributed by atoms with Gasteiger partial charge in [-0.15, -0.1) is 0 Å². The van der Waals surface area contributed by atoms with E-state index in [9.17, 15) is 9.59 Å². The van der Waals surface area contributed by atoms with Gasteiger partial charge in [0.1, 0.15) is 6.29 Å². The zero-order valence-electron chi connectivity index (χ0n) is 10.9. The Bertz CT molecular complexity index is 340. The van der Waals surface area contributed by atoms with Crippen LogP contribution in [-0.2, 0) is 9.59 Å². The predicted octanol–water partition coefficient (Wildman–Crippen LogP) is 2.50. The Morgan fingerprint density at radius 3 is 2.53 bits per heavy atom. The van der Waals surface area contributed by atoms with Gasteiger partial charge in [-0.25, -0.2) is 0 Å². The van der Waals surface area contributed by atoms with E-state index in [0.29, 0.717) is 12.1 Å². The quantitative estimate of drug-likeness (QED) is 0.557. The highest BCUT2D eigenvalue weighted by Gasteiger charge is 2.25. The first-order valence-electron chi connectivity index (χ1n) is 5.95. The number of likely N-dealkylation sites (tertiary alicyclic amines) is 1. The fourth-order valence-electron chi connectivity index (χ4n) is 1.69. The summed E-state index contributed by atoms with van der Waals surface area (Å²) in [7, 11) is 0. The molecule has 0 aliphatic carbocycles. The van der Waals surface area contributed by atoms with Crippen LogP contribution in [0.25, 0.3) is 0 Å². The number of nitrogens with zero attached hydrogens (tertiary/aromatic N) is 1. The van der Waals surface area contributed by atoms with Gasteiger partial charge in [-0.2, -0.15) is 0 Å². The van der Waals surface area contributed by atoms with Crippen molar-refractivity contribution in [2.75, 3.05) is 13.1 Å². The second-order valence-corrected chi connectivity index (χ2v) is 3.30. The van der Waals surface area contributed by atoms with Gasteiger partial charge in [0.15, 0.2) is 0 Å². The number of carbonyl (C=O) groups excluding carboxylic acids is 2. The van der Waals surface area contributed by atoms with E-state index in [2.05, 4.69) is 6.58 Å². The summed E-state index contributed by atoms with van der Waals surface area (Å²) in [6.07, 6.45) is 6.86. The standard InChI is InChI=1S/C12H15NO2.C2H6/c1-3-5-10-6-7-13(8-9-14)12(15)11(10)4-2;1-2/h3-5,9H,1,6-8H2,2H3;1-2H3/b10-5-,11-4+;. The van der Waals surface area contributed by atoms with E-state index in [4.69, 9.17) is 0 Å². The smallest absolute Gasteiger partial charge is 0.254 e. The first-order valence-corrected chi connectivity index (χ1v) is 5.95. The molecule has 0 aromatic heterocycles. The Morgan fingerprint density at radius 2 is 2.06 bits per heavy atom. The van der Waals surface area contributed by atoms with Gasteiger partial charge in [0, 0.05) is 12.1 Å². The minimum Gasteiger partial charge on any atom is -0.331 e. The monoisotopic (exact) mass is 235 g/mol. The van der Waals surface area contributed by atoms with Gasteiger partial charge in [-0.1, -0.05) is 38.7 Å². The number of piperidine rings is 1. The molecule has 3 nitrogen and oxygen atoms in total. The molecule has 17 heavy (non-hydrogen) atoms. The van der Waals surface area contributed by atoms with Crippen molar-refractivity contribution in [3.05, 3.63) is 36.0 Å². The number of carbonyl (C=O) groups is 2. The first-order chi connectivity index (χ1) is 8.24. The molecule has 1 fully saturated rings. The predicted molar refractivity (Wildman–Crippen MR) is 70.6 cm³/mol. The van der Waals surface area contributed by atoms with Gasteiger partial charge in [0.25, 0.3) is 5.91 Å². The molecule has 1 heterocycles.